The van der Waals surface area contributed by atoms with Gasteiger partial charge < -0.3 is 18.8 Å². The minimum atomic E-state index is -0.0393. The molecule has 1 aliphatic rings. The van der Waals surface area contributed by atoms with E-state index >= 15 is 0 Å². The molecule has 29 heavy (non-hydrogen) atoms. The number of methoxy groups -OCH3 is 2. The first kappa shape index (κ1) is 19.0. The molecule has 1 aliphatic heterocycles. The first-order chi connectivity index (χ1) is 14.2. The van der Waals surface area contributed by atoms with E-state index in [1.807, 2.05) is 35.2 Å². The van der Waals surface area contributed by atoms with E-state index in [2.05, 4.69) is 10.2 Å². The Morgan fingerprint density at radius 2 is 1.97 bits per heavy atom. The summed E-state index contributed by atoms with van der Waals surface area (Å²) in [5.41, 5.74) is 1.44. The van der Waals surface area contributed by atoms with E-state index in [1.165, 1.54) is 0 Å². The van der Waals surface area contributed by atoms with E-state index in [0.717, 1.165) is 12.0 Å². The van der Waals surface area contributed by atoms with Gasteiger partial charge >= 0.3 is 0 Å². The van der Waals surface area contributed by atoms with Crippen molar-refractivity contribution in [3.63, 3.8) is 0 Å². The summed E-state index contributed by atoms with van der Waals surface area (Å²) < 4.78 is 16.4. The normalized spacial score (nSPS) is 16.1. The van der Waals surface area contributed by atoms with Crippen molar-refractivity contribution in [1.29, 1.82) is 0 Å². The Labute approximate surface area is 169 Å². The van der Waals surface area contributed by atoms with Gasteiger partial charge in [0.2, 0.25) is 11.8 Å². The molecule has 2 aromatic carbocycles. The molecule has 0 bridgehead atoms. The lowest BCUT2D eigenvalue weighted by molar-refractivity contribution is 0.0783. The molecule has 0 aliphatic carbocycles. The average Bonchev–Trinajstić information content (AvgIpc) is 3.43. The van der Waals surface area contributed by atoms with Crippen LogP contribution in [0.4, 0.5) is 0 Å². The van der Waals surface area contributed by atoms with Crippen LogP contribution in [0.25, 0.3) is 11.5 Å². The van der Waals surface area contributed by atoms with Crippen LogP contribution in [0.3, 0.4) is 0 Å². The maximum absolute atomic E-state index is 13.0. The van der Waals surface area contributed by atoms with Crippen molar-refractivity contribution in [2.45, 2.75) is 12.8 Å². The third-order valence-corrected chi connectivity index (χ3v) is 5.16. The number of nitrogens with zero attached hydrogens (tertiary/aromatic N) is 3. The number of rotatable bonds is 6. The Hall–Kier alpha value is -3.35. The summed E-state index contributed by atoms with van der Waals surface area (Å²) in [6.07, 6.45) is 1.55. The summed E-state index contributed by atoms with van der Waals surface area (Å²) in [4.78, 5) is 14.8. The van der Waals surface area contributed by atoms with Gasteiger partial charge in [0.05, 0.1) is 19.8 Å². The molecule has 1 atom stereocenters. The average molecular weight is 393 g/mol. The number of ether oxygens (including phenoxy) is 2. The molecular formula is C22H23N3O4. The molecule has 1 saturated heterocycles. The number of likely N-dealkylation sites (tertiary alicyclic amines) is 1. The maximum atomic E-state index is 13.0. The van der Waals surface area contributed by atoms with Gasteiger partial charge in [0.1, 0.15) is 11.5 Å². The molecule has 1 amide bonds. The van der Waals surface area contributed by atoms with Crippen molar-refractivity contribution < 1.29 is 18.7 Å². The Kier molecular flexibility index (Phi) is 5.46. The van der Waals surface area contributed by atoms with Crippen LogP contribution in [0.2, 0.25) is 0 Å². The van der Waals surface area contributed by atoms with Crippen molar-refractivity contribution in [3.05, 3.63) is 60.0 Å². The highest BCUT2D eigenvalue weighted by Crippen LogP contribution is 2.29. The Balaban J connectivity index is 1.41. The molecule has 1 aromatic heterocycles. The minimum Gasteiger partial charge on any atom is -0.497 e. The Morgan fingerprint density at radius 3 is 2.72 bits per heavy atom. The first-order valence-corrected chi connectivity index (χ1v) is 9.57. The first-order valence-electron chi connectivity index (χ1n) is 9.57. The molecule has 4 rings (SSSR count). The number of carbonyl (C=O) groups is 1. The molecule has 7 nitrogen and oxygen atoms in total. The van der Waals surface area contributed by atoms with Crippen LogP contribution in [0, 0.1) is 5.92 Å². The van der Waals surface area contributed by atoms with Crippen molar-refractivity contribution in [1.82, 2.24) is 15.1 Å². The summed E-state index contributed by atoms with van der Waals surface area (Å²) in [5, 5.41) is 8.32. The predicted octanol–water partition coefficient (Wildman–Crippen LogP) is 3.46. The highest BCUT2D eigenvalue weighted by Gasteiger charge is 2.30. The van der Waals surface area contributed by atoms with Crippen LogP contribution >= 0.6 is 0 Å². The number of hydrogen-bond donors (Lipinski definition) is 0. The van der Waals surface area contributed by atoms with E-state index in [-0.39, 0.29) is 11.8 Å². The summed E-state index contributed by atoms with van der Waals surface area (Å²) >= 11 is 0. The van der Waals surface area contributed by atoms with Gasteiger partial charge in [-0.3, -0.25) is 4.79 Å². The van der Waals surface area contributed by atoms with E-state index in [1.54, 1.807) is 32.4 Å². The van der Waals surface area contributed by atoms with E-state index in [9.17, 15) is 4.79 Å². The molecule has 7 heteroatoms. The second-order valence-corrected chi connectivity index (χ2v) is 7.04. The zero-order chi connectivity index (χ0) is 20.2. The lowest BCUT2D eigenvalue weighted by Gasteiger charge is -2.18. The molecular weight excluding hydrogens is 370 g/mol. The van der Waals surface area contributed by atoms with Gasteiger partial charge in [-0.15, -0.1) is 10.2 Å². The number of amides is 1. The molecule has 0 saturated carbocycles. The number of carbonyl (C=O) groups excluding carboxylic acids is 1. The third-order valence-electron chi connectivity index (χ3n) is 5.16. The van der Waals surface area contributed by atoms with Crippen molar-refractivity contribution >= 4 is 5.91 Å². The van der Waals surface area contributed by atoms with E-state index < -0.39 is 0 Å². The highest BCUT2D eigenvalue weighted by atomic mass is 16.5. The lowest BCUT2D eigenvalue weighted by atomic mass is 10.1. The Morgan fingerprint density at radius 1 is 1.14 bits per heavy atom. The van der Waals surface area contributed by atoms with Crippen LogP contribution < -0.4 is 9.47 Å². The molecule has 0 spiro atoms. The largest absolute Gasteiger partial charge is 0.497 e. The van der Waals surface area contributed by atoms with Crippen molar-refractivity contribution in [2.75, 3.05) is 27.3 Å². The number of hydrogen-bond acceptors (Lipinski definition) is 6. The van der Waals surface area contributed by atoms with Crippen LogP contribution in [0.1, 0.15) is 22.7 Å². The quantitative estimate of drug-likeness (QED) is 0.638. The molecule has 3 aromatic rings. The van der Waals surface area contributed by atoms with Gasteiger partial charge in [-0.2, -0.15) is 0 Å². The lowest BCUT2D eigenvalue weighted by Crippen LogP contribution is -2.29. The number of benzene rings is 2. The minimum absolute atomic E-state index is 0.0393. The van der Waals surface area contributed by atoms with Gasteiger partial charge in [-0.25, -0.2) is 0 Å². The molecule has 150 valence electrons. The maximum Gasteiger partial charge on any atom is 0.257 e. The molecule has 1 fully saturated rings. The summed E-state index contributed by atoms with van der Waals surface area (Å²) in [7, 11) is 3.14. The van der Waals surface area contributed by atoms with Crippen molar-refractivity contribution in [2.24, 2.45) is 5.92 Å². The predicted molar refractivity (Wildman–Crippen MR) is 107 cm³/mol. The smallest absolute Gasteiger partial charge is 0.257 e. The topological polar surface area (TPSA) is 77.7 Å². The fraction of sp³-hybridized carbons (Fsp3) is 0.318. The second kappa shape index (κ2) is 8.34. The van der Waals surface area contributed by atoms with E-state index in [4.69, 9.17) is 13.9 Å². The monoisotopic (exact) mass is 393 g/mol. The second-order valence-electron chi connectivity index (χ2n) is 7.04. The van der Waals surface area contributed by atoms with Crippen LogP contribution in [0.5, 0.6) is 11.5 Å². The van der Waals surface area contributed by atoms with E-state index in [0.29, 0.717) is 48.4 Å². The van der Waals surface area contributed by atoms with Crippen LogP contribution in [-0.4, -0.2) is 48.3 Å². The Bertz CT molecular complexity index is 987. The van der Waals surface area contributed by atoms with Gasteiger partial charge in [-0.1, -0.05) is 18.2 Å². The van der Waals surface area contributed by atoms with Gasteiger partial charge in [-0.05, 0) is 36.6 Å². The summed E-state index contributed by atoms with van der Waals surface area (Å²) in [6.45, 7) is 1.34. The summed E-state index contributed by atoms with van der Waals surface area (Å²) in [6, 6.07) is 14.9. The van der Waals surface area contributed by atoms with Crippen molar-refractivity contribution in [3.8, 4) is 23.0 Å². The highest BCUT2D eigenvalue weighted by molar-refractivity contribution is 5.97. The molecule has 0 radical (unpaired) electrons. The zero-order valence-electron chi connectivity index (χ0n) is 16.5. The molecule has 0 N–H and O–H groups in total. The standard InChI is InChI=1S/C22H23N3O4/c1-27-17-8-9-18(19(13-17)28-2)22(26)25-11-10-15(14-25)12-20-23-24-21(29-20)16-6-4-3-5-7-16/h3-9,13,15H,10-12,14H2,1-2H3. The van der Waals surface area contributed by atoms with Gasteiger partial charge in [0, 0.05) is 31.1 Å². The van der Waals surface area contributed by atoms with Gasteiger partial charge in [0.25, 0.3) is 5.91 Å². The van der Waals surface area contributed by atoms with Crippen LogP contribution in [0.15, 0.2) is 52.9 Å². The summed E-state index contributed by atoms with van der Waals surface area (Å²) in [5.74, 6) is 2.54. The van der Waals surface area contributed by atoms with Gasteiger partial charge in [0.15, 0.2) is 0 Å². The third kappa shape index (κ3) is 4.08. The molecule has 2 heterocycles. The fourth-order valence-corrected chi connectivity index (χ4v) is 3.61. The zero-order valence-corrected chi connectivity index (χ0v) is 16.5. The fourth-order valence-electron chi connectivity index (χ4n) is 3.61. The molecule has 1 unspecified atom stereocenters. The number of aromatic nitrogens is 2. The SMILES string of the molecule is COc1ccc(C(=O)N2CCC(Cc3nnc(-c4ccccc4)o3)C2)c(OC)c1. The van der Waals surface area contributed by atoms with Crippen LogP contribution in [-0.2, 0) is 6.42 Å².